The van der Waals surface area contributed by atoms with Crippen LogP contribution >= 0.6 is 15.9 Å². The zero-order valence-corrected chi connectivity index (χ0v) is 12.8. The highest BCUT2D eigenvalue weighted by Crippen LogP contribution is 2.23. The number of ether oxygens (including phenoxy) is 1. The average Bonchev–Trinajstić information content (AvgIpc) is 2.48. The van der Waals surface area contributed by atoms with E-state index in [1.807, 2.05) is 18.2 Å². The van der Waals surface area contributed by atoms with Crippen LogP contribution in [0.1, 0.15) is 16.7 Å². The van der Waals surface area contributed by atoms with E-state index in [0.717, 1.165) is 23.5 Å². The molecule has 1 aliphatic heterocycles. The molecule has 0 fully saturated rings. The lowest BCUT2D eigenvalue weighted by Crippen LogP contribution is -2.23. The Labute approximate surface area is 127 Å². The van der Waals surface area contributed by atoms with Crippen LogP contribution in [0.15, 0.2) is 53.6 Å². The van der Waals surface area contributed by atoms with Crippen LogP contribution in [0, 0.1) is 0 Å². The second-order valence-corrected chi connectivity index (χ2v) is 5.47. The molecule has 102 valence electrons. The summed E-state index contributed by atoms with van der Waals surface area (Å²) in [5.41, 5.74) is 3.69. The van der Waals surface area contributed by atoms with Gasteiger partial charge in [-0.25, -0.2) is 0 Å². The summed E-state index contributed by atoms with van der Waals surface area (Å²) in [7, 11) is 1.68. The molecule has 3 nitrogen and oxygen atoms in total. The first-order chi connectivity index (χ1) is 9.76. The molecule has 1 aliphatic rings. The summed E-state index contributed by atoms with van der Waals surface area (Å²) >= 11 is 3.55. The van der Waals surface area contributed by atoms with E-state index in [1.165, 1.54) is 16.7 Å². The number of hydrazone groups is 1. The van der Waals surface area contributed by atoms with Gasteiger partial charge in [-0.1, -0.05) is 36.4 Å². The van der Waals surface area contributed by atoms with Gasteiger partial charge in [0.1, 0.15) is 10.4 Å². The molecule has 4 heteroatoms. The normalized spacial score (nSPS) is 13.7. The molecule has 2 aromatic rings. The lowest BCUT2D eigenvalue weighted by Gasteiger charge is -2.25. The van der Waals surface area contributed by atoms with Crippen molar-refractivity contribution >= 4 is 20.6 Å². The van der Waals surface area contributed by atoms with Crippen LogP contribution in [0.5, 0.6) is 5.75 Å². The van der Waals surface area contributed by atoms with E-state index in [2.05, 4.69) is 56.4 Å². The van der Waals surface area contributed by atoms with E-state index >= 15 is 0 Å². The molecule has 0 N–H and O–H groups in total. The molecule has 0 bridgehead atoms. The highest BCUT2D eigenvalue weighted by molar-refractivity contribution is 9.18. The Morgan fingerprint density at radius 3 is 2.65 bits per heavy atom. The number of halogens is 1. The Balaban J connectivity index is 1.78. The van der Waals surface area contributed by atoms with Gasteiger partial charge in [0.25, 0.3) is 0 Å². The zero-order chi connectivity index (χ0) is 13.9. The lowest BCUT2D eigenvalue weighted by atomic mass is 10.1. The fourth-order valence-corrected chi connectivity index (χ4v) is 2.91. The summed E-state index contributed by atoms with van der Waals surface area (Å²) < 4.78 is 6.07. The molecule has 2 aromatic carbocycles. The SMILES string of the molecule is COc1ccc(CN2Cc3ccccc3C(Br)=N2)cc1. The molecular formula is C16H15BrN2O. The first kappa shape index (κ1) is 13.2. The van der Waals surface area contributed by atoms with Crippen LogP contribution in [-0.4, -0.2) is 16.7 Å². The molecule has 3 rings (SSSR count). The van der Waals surface area contributed by atoms with Crippen LogP contribution in [-0.2, 0) is 13.1 Å². The third-order valence-electron chi connectivity index (χ3n) is 3.35. The zero-order valence-electron chi connectivity index (χ0n) is 11.2. The molecule has 0 radical (unpaired) electrons. The molecule has 0 aliphatic carbocycles. The Hall–Kier alpha value is -1.81. The van der Waals surface area contributed by atoms with Crippen molar-refractivity contribution in [2.75, 3.05) is 7.11 Å². The van der Waals surface area contributed by atoms with Crippen LogP contribution < -0.4 is 4.74 Å². The van der Waals surface area contributed by atoms with Gasteiger partial charge in [0.2, 0.25) is 0 Å². The fraction of sp³-hybridized carbons (Fsp3) is 0.188. The van der Waals surface area contributed by atoms with Gasteiger partial charge < -0.3 is 4.74 Å². The van der Waals surface area contributed by atoms with Gasteiger partial charge in [-0.05, 0) is 39.2 Å². The summed E-state index contributed by atoms with van der Waals surface area (Å²) in [5.74, 6) is 0.877. The van der Waals surface area contributed by atoms with Gasteiger partial charge in [0.05, 0.1) is 20.2 Å². The standard InChI is InChI=1S/C16H15BrN2O/c1-20-14-8-6-12(7-9-14)10-19-11-13-4-2-3-5-15(13)16(17)18-19/h2-9H,10-11H2,1H3. The third kappa shape index (κ3) is 2.70. The van der Waals surface area contributed by atoms with Crippen molar-refractivity contribution in [2.24, 2.45) is 5.10 Å². The first-order valence-electron chi connectivity index (χ1n) is 6.46. The first-order valence-corrected chi connectivity index (χ1v) is 7.26. The highest BCUT2D eigenvalue weighted by atomic mass is 79.9. The number of rotatable bonds is 3. The van der Waals surface area contributed by atoms with E-state index in [9.17, 15) is 0 Å². The Kier molecular flexibility index (Phi) is 3.74. The van der Waals surface area contributed by atoms with Crippen molar-refractivity contribution < 1.29 is 4.74 Å². The Morgan fingerprint density at radius 1 is 1.15 bits per heavy atom. The van der Waals surface area contributed by atoms with Crippen molar-refractivity contribution in [3.05, 3.63) is 65.2 Å². The molecule has 0 atom stereocenters. The maximum Gasteiger partial charge on any atom is 0.133 e. The van der Waals surface area contributed by atoms with Crippen LogP contribution in [0.4, 0.5) is 0 Å². The van der Waals surface area contributed by atoms with E-state index in [0.29, 0.717) is 0 Å². The maximum absolute atomic E-state index is 5.17. The van der Waals surface area contributed by atoms with Crippen molar-refractivity contribution in [1.29, 1.82) is 0 Å². The van der Waals surface area contributed by atoms with E-state index < -0.39 is 0 Å². The number of methoxy groups -OCH3 is 1. The summed E-state index contributed by atoms with van der Waals surface area (Å²) in [6, 6.07) is 16.4. The van der Waals surface area contributed by atoms with E-state index in [1.54, 1.807) is 7.11 Å². The molecule has 20 heavy (non-hydrogen) atoms. The van der Waals surface area contributed by atoms with Crippen molar-refractivity contribution in [3.8, 4) is 5.75 Å². The minimum Gasteiger partial charge on any atom is -0.497 e. The summed E-state index contributed by atoms with van der Waals surface area (Å²) in [6.07, 6.45) is 0. The number of hydrogen-bond acceptors (Lipinski definition) is 3. The number of nitrogens with zero attached hydrogens (tertiary/aromatic N) is 2. The van der Waals surface area contributed by atoms with Crippen molar-refractivity contribution in [1.82, 2.24) is 5.01 Å². The van der Waals surface area contributed by atoms with Crippen molar-refractivity contribution in [3.63, 3.8) is 0 Å². The number of fused-ring (bicyclic) bond motifs is 1. The Morgan fingerprint density at radius 2 is 1.90 bits per heavy atom. The van der Waals surface area contributed by atoms with Crippen LogP contribution in [0.25, 0.3) is 0 Å². The minimum absolute atomic E-state index is 0.785. The molecule has 1 heterocycles. The molecule has 0 aromatic heterocycles. The molecular weight excluding hydrogens is 316 g/mol. The lowest BCUT2D eigenvalue weighted by molar-refractivity contribution is 0.267. The van der Waals surface area contributed by atoms with Gasteiger partial charge in [0, 0.05) is 5.56 Å². The minimum atomic E-state index is 0.785. The van der Waals surface area contributed by atoms with Gasteiger partial charge in [0.15, 0.2) is 0 Å². The Bertz CT molecular complexity index is 637. The van der Waals surface area contributed by atoms with Gasteiger partial charge >= 0.3 is 0 Å². The predicted octanol–water partition coefficient (Wildman–Crippen LogP) is 3.77. The predicted molar refractivity (Wildman–Crippen MR) is 84.1 cm³/mol. The van der Waals surface area contributed by atoms with Crippen LogP contribution in [0.2, 0.25) is 0 Å². The third-order valence-corrected chi connectivity index (χ3v) is 3.93. The number of hydrogen-bond donors (Lipinski definition) is 0. The van der Waals surface area contributed by atoms with Gasteiger partial charge in [-0.15, -0.1) is 0 Å². The summed E-state index contributed by atoms with van der Waals surface area (Å²) in [5, 5.41) is 6.66. The average molecular weight is 331 g/mol. The smallest absolute Gasteiger partial charge is 0.133 e. The second kappa shape index (κ2) is 5.67. The number of benzene rings is 2. The quantitative estimate of drug-likeness (QED) is 0.855. The fourth-order valence-electron chi connectivity index (χ4n) is 2.30. The molecule has 0 saturated heterocycles. The second-order valence-electron chi connectivity index (χ2n) is 4.72. The van der Waals surface area contributed by atoms with E-state index in [-0.39, 0.29) is 0 Å². The molecule has 0 saturated carbocycles. The summed E-state index contributed by atoms with van der Waals surface area (Å²) in [6.45, 7) is 1.62. The summed E-state index contributed by atoms with van der Waals surface area (Å²) in [4.78, 5) is 0. The van der Waals surface area contributed by atoms with Gasteiger partial charge in [-0.2, -0.15) is 5.10 Å². The maximum atomic E-state index is 5.17. The monoisotopic (exact) mass is 330 g/mol. The largest absolute Gasteiger partial charge is 0.497 e. The molecule has 0 spiro atoms. The molecule has 0 unspecified atom stereocenters. The van der Waals surface area contributed by atoms with E-state index in [4.69, 9.17) is 4.74 Å². The topological polar surface area (TPSA) is 24.8 Å². The van der Waals surface area contributed by atoms with Gasteiger partial charge in [-0.3, -0.25) is 5.01 Å². The van der Waals surface area contributed by atoms with Crippen LogP contribution in [0.3, 0.4) is 0 Å². The van der Waals surface area contributed by atoms with Crippen molar-refractivity contribution in [2.45, 2.75) is 13.1 Å². The highest BCUT2D eigenvalue weighted by Gasteiger charge is 2.16. The molecule has 0 amide bonds.